The number of carbonyl (C=O) groups excluding carboxylic acids is 2. The Morgan fingerprint density at radius 2 is 1.96 bits per heavy atom. The van der Waals surface area contributed by atoms with E-state index in [2.05, 4.69) is 5.32 Å². The van der Waals surface area contributed by atoms with Gasteiger partial charge in [0.05, 0.1) is 6.61 Å². The topological polar surface area (TPSA) is 149 Å². The first-order chi connectivity index (χ1) is 12.8. The SMILES string of the molecule is CC(=O)NC1C(OCCCCC(=O)N2CCC[C@H]2O)OC(CO)C(O)[C@@H]1O. The van der Waals surface area contributed by atoms with Gasteiger partial charge in [-0.15, -0.1) is 0 Å². The lowest BCUT2D eigenvalue weighted by Crippen LogP contribution is -2.64. The number of rotatable bonds is 8. The molecular weight excluding hydrogens is 360 g/mol. The van der Waals surface area contributed by atoms with Crippen LogP contribution in [0.4, 0.5) is 0 Å². The van der Waals surface area contributed by atoms with E-state index in [9.17, 15) is 30.0 Å². The van der Waals surface area contributed by atoms with Crippen LogP contribution in [0.1, 0.15) is 39.0 Å². The summed E-state index contributed by atoms with van der Waals surface area (Å²) in [7, 11) is 0. The fourth-order valence-corrected chi connectivity index (χ4v) is 3.37. The van der Waals surface area contributed by atoms with Gasteiger partial charge in [-0.1, -0.05) is 0 Å². The first kappa shape index (κ1) is 22.0. The zero-order valence-corrected chi connectivity index (χ0v) is 15.5. The smallest absolute Gasteiger partial charge is 0.224 e. The van der Waals surface area contributed by atoms with Gasteiger partial charge in [0.1, 0.15) is 30.6 Å². The fraction of sp³-hybridized carbons (Fsp3) is 0.882. The van der Waals surface area contributed by atoms with Crippen LogP contribution < -0.4 is 5.32 Å². The molecule has 2 aliphatic heterocycles. The quantitative estimate of drug-likeness (QED) is 0.301. The summed E-state index contributed by atoms with van der Waals surface area (Å²) < 4.78 is 11.0. The third-order valence-corrected chi connectivity index (χ3v) is 4.86. The molecular formula is C17H30N2O8. The number of amides is 2. The minimum atomic E-state index is -1.35. The molecule has 2 rings (SSSR count). The molecule has 0 aromatic carbocycles. The second-order valence-corrected chi connectivity index (χ2v) is 6.97. The van der Waals surface area contributed by atoms with Gasteiger partial charge in [-0.2, -0.15) is 0 Å². The van der Waals surface area contributed by atoms with Gasteiger partial charge in [0.2, 0.25) is 11.8 Å². The standard InChI is InChI=1S/C17H30N2O8/c1-10(21)18-14-16(25)15(24)11(9-20)27-17(14)26-8-3-2-5-12(22)19-7-4-6-13(19)23/h11,13-17,20,23-25H,2-9H2,1H3,(H,18,21)/t11?,13-,14?,15?,16-,17?/m1/s1. The average Bonchev–Trinajstić information content (AvgIpc) is 3.06. The van der Waals surface area contributed by atoms with Crippen molar-refractivity contribution < 1.29 is 39.5 Å². The van der Waals surface area contributed by atoms with Crippen LogP contribution in [-0.4, -0.2) is 93.8 Å². The number of hydrogen-bond acceptors (Lipinski definition) is 8. The number of nitrogens with one attached hydrogen (secondary N) is 1. The molecule has 10 nitrogen and oxygen atoms in total. The minimum Gasteiger partial charge on any atom is -0.394 e. The van der Waals surface area contributed by atoms with Gasteiger partial charge < -0.3 is 40.1 Å². The summed E-state index contributed by atoms with van der Waals surface area (Å²) in [6, 6.07) is -0.971. The Labute approximate surface area is 158 Å². The molecule has 0 spiro atoms. The van der Waals surface area contributed by atoms with E-state index in [1.165, 1.54) is 11.8 Å². The van der Waals surface area contributed by atoms with Crippen LogP contribution in [0.25, 0.3) is 0 Å². The fourth-order valence-electron chi connectivity index (χ4n) is 3.37. The minimum absolute atomic E-state index is 0.0936. The Morgan fingerprint density at radius 3 is 2.56 bits per heavy atom. The van der Waals surface area contributed by atoms with Crippen molar-refractivity contribution in [1.82, 2.24) is 10.2 Å². The van der Waals surface area contributed by atoms with E-state index in [1.54, 1.807) is 0 Å². The molecule has 10 heteroatoms. The number of carbonyl (C=O) groups is 2. The number of unbranched alkanes of at least 4 members (excludes halogenated alkanes) is 1. The van der Waals surface area contributed by atoms with E-state index < -0.39 is 49.4 Å². The molecule has 2 aliphatic rings. The molecule has 0 radical (unpaired) electrons. The lowest BCUT2D eigenvalue weighted by Gasteiger charge is -2.42. The second-order valence-electron chi connectivity index (χ2n) is 6.97. The van der Waals surface area contributed by atoms with Crippen molar-refractivity contribution in [2.75, 3.05) is 19.8 Å². The largest absolute Gasteiger partial charge is 0.394 e. The highest BCUT2D eigenvalue weighted by molar-refractivity contribution is 5.76. The summed E-state index contributed by atoms with van der Waals surface area (Å²) in [6.45, 7) is 1.55. The molecule has 2 amide bonds. The highest BCUT2D eigenvalue weighted by Gasteiger charge is 2.45. The first-order valence-corrected chi connectivity index (χ1v) is 9.33. The third-order valence-electron chi connectivity index (χ3n) is 4.86. The van der Waals surface area contributed by atoms with Crippen molar-refractivity contribution in [2.24, 2.45) is 0 Å². The molecule has 2 saturated heterocycles. The van der Waals surface area contributed by atoms with Crippen LogP contribution in [0, 0.1) is 0 Å². The van der Waals surface area contributed by atoms with Crippen LogP contribution in [0.15, 0.2) is 0 Å². The number of aliphatic hydroxyl groups excluding tert-OH is 4. The number of aliphatic hydroxyl groups is 4. The summed E-state index contributed by atoms with van der Waals surface area (Å²) in [5.41, 5.74) is 0. The Balaban J connectivity index is 1.77. The van der Waals surface area contributed by atoms with Gasteiger partial charge in [0.15, 0.2) is 6.29 Å². The average molecular weight is 390 g/mol. The van der Waals surface area contributed by atoms with E-state index >= 15 is 0 Å². The van der Waals surface area contributed by atoms with Crippen molar-refractivity contribution in [3.05, 3.63) is 0 Å². The van der Waals surface area contributed by atoms with Crippen molar-refractivity contribution in [2.45, 2.75) is 75.9 Å². The Bertz CT molecular complexity index is 505. The van der Waals surface area contributed by atoms with Gasteiger partial charge in [-0.25, -0.2) is 0 Å². The molecule has 2 heterocycles. The molecule has 156 valence electrons. The van der Waals surface area contributed by atoms with E-state index in [-0.39, 0.29) is 12.5 Å². The van der Waals surface area contributed by atoms with Crippen LogP contribution in [0.3, 0.4) is 0 Å². The lowest BCUT2D eigenvalue weighted by molar-refractivity contribution is -0.270. The number of nitrogens with zero attached hydrogens (tertiary/aromatic N) is 1. The van der Waals surface area contributed by atoms with Crippen molar-refractivity contribution >= 4 is 11.8 Å². The van der Waals surface area contributed by atoms with Gasteiger partial charge in [0.25, 0.3) is 0 Å². The normalized spacial score (nSPS) is 33.9. The summed E-state index contributed by atoms with van der Waals surface area (Å²) in [5.74, 6) is -0.510. The zero-order chi connectivity index (χ0) is 20.0. The molecule has 0 bridgehead atoms. The maximum atomic E-state index is 12.0. The summed E-state index contributed by atoms with van der Waals surface area (Å²) in [4.78, 5) is 24.8. The van der Waals surface area contributed by atoms with Crippen LogP contribution in [0.5, 0.6) is 0 Å². The van der Waals surface area contributed by atoms with Gasteiger partial charge in [-0.05, 0) is 25.7 Å². The monoisotopic (exact) mass is 390 g/mol. The molecule has 0 aromatic heterocycles. The maximum absolute atomic E-state index is 12.0. The Morgan fingerprint density at radius 1 is 1.22 bits per heavy atom. The van der Waals surface area contributed by atoms with Crippen LogP contribution in [0.2, 0.25) is 0 Å². The molecule has 2 fully saturated rings. The van der Waals surface area contributed by atoms with E-state index in [0.29, 0.717) is 32.2 Å². The predicted molar refractivity (Wildman–Crippen MR) is 92.1 cm³/mol. The summed E-state index contributed by atoms with van der Waals surface area (Å²) in [5, 5.41) is 41.5. The number of ether oxygens (including phenoxy) is 2. The van der Waals surface area contributed by atoms with Crippen molar-refractivity contribution in [3.8, 4) is 0 Å². The van der Waals surface area contributed by atoms with Crippen LogP contribution in [-0.2, 0) is 19.1 Å². The maximum Gasteiger partial charge on any atom is 0.224 e. The van der Waals surface area contributed by atoms with Gasteiger partial charge in [0, 0.05) is 26.5 Å². The Hall–Kier alpha value is -1.30. The predicted octanol–water partition coefficient (Wildman–Crippen LogP) is -1.94. The summed E-state index contributed by atoms with van der Waals surface area (Å²) in [6.07, 6.45) is -2.64. The highest BCUT2D eigenvalue weighted by atomic mass is 16.7. The summed E-state index contributed by atoms with van der Waals surface area (Å²) >= 11 is 0. The van der Waals surface area contributed by atoms with Crippen LogP contribution >= 0.6 is 0 Å². The van der Waals surface area contributed by atoms with E-state index in [1.807, 2.05) is 0 Å². The molecule has 4 unspecified atom stereocenters. The van der Waals surface area contributed by atoms with Crippen molar-refractivity contribution in [1.29, 1.82) is 0 Å². The highest BCUT2D eigenvalue weighted by Crippen LogP contribution is 2.22. The number of hydrogen-bond donors (Lipinski definition) is 5. The van der Waals surface area contributed by atoms with Gasteiger partial charge in [-0.3, -0.25) is 9.59 Å². The van der Waals surface area contributed by atoms with Gasteiger partial charge >= 0.3 is 0 Å². The third kappa shape index (κ3) is 5.84. The van der Waals surface area contributed by atoms with E-state index in [0.717, 1.165) is 6.42 Å². The molecule has 0 aliphatic carbocycles. The zero-order valence-electron chi connectivity index (χ0n) is 15.5. The molecule has 6 atom stereocenters. The lowest BCUT2D eigenvalue weighted by atomic mass is 9.97. The van der Waals surface area contributed by atoms with E-state index in [4.69, 9.17) is 9.47 Å². The molecule has 0 saturated carbocycles. The molecule has 5 N–H and O–H groups in total. The first-order valence-electron chi connectivity index (χ1n) is 9.33. The Kier molecular flexibility index (Phi) is 8.39. The van der Waals surface area contributed by atoms with Crippen molar-refractivity contribution in [3.63, 3.8) is 0 Å². The molecule has 27 heavy (non-hydrogen) atoms. The second kappa shape index (κ2) is 10.3. The number of likely N-dealkylation sites (tertiary alicyclic amines) is 1. The molecule has 0 aromatic rings.